The van der Waals surface area contributed by atoms with Crippen molar-refractivity contribution in [3.63, 3.8) is 0 Å². The summed E-state index contributed by atoms with van der Waals surface area (Å²) < 4.78 is 4.24. The molecule has 0 spiro atoms. The topological polar surface area (TPSA) is 141 Å². The molecule has 1 amide bonds. The van der Waals surface area contributed by atoms with E-state index in [2.05, 4.69) is 33.8 Å². The second-order valence-corrected chi connectivity index (χ2v) is 9.22. The number of aromatic nitrogens is 4. The quantitative estimate of drug-likeness (QED) is 0.210. The third-order valence-corrected chi connectivity index (χ3v) is 6.23. The van der Waals surface area contributed by atoms with Crippen LogP contribution in [-0.4, -0.2) is 31.0 Å². The average molecular weight is 537 g/mol. The van der Waals surface area contributed by atoms with Gasteiger partial charge in [-0.15, -0.1) is 6.58 Å². The number of hydrogen-bond donors (Lipinski definition) is 3. The Bertz CT molecular complexity index is 1760. The van der Waals surface area contributed by atoms with Crippen molar-refractivity contribution in [2.75, 3.05) is 16.4 Å². The van der Waals surface area contributed by atoms with E-state index in [1.165, 1.54) is 26.2 Å². The lowest BCUT2D eigenvalue weighted by Gasteiger charge is -2.12. The summed E-state index contributed by atoms with van der Waals surface area (Å²) in [5.74, 6) is 1.19. The maximum atomic E-state index is 13.3. The molecule has 11 heteroatoms. The molecule has 5 rings (SSSR count). The van der Waals surface area contributed by atoms with Crippen LogP contribution in [-0.2, 0) is 11.3 Å². The van der Waals surface area contributed by atoms with Crippen molar-refractivity contribution in [3.05, 3.63) is 118 Å². The fraction of sp³-hybridized carbons (Fsp3) is 0.138. The molecule has 4 N–H and O–H groups in total. The summed E-state index contributed by atoms with van der Waals surface area (Å²) >= 11 is 0. The van der Waals surface area contributed by atoms with Crippen molar-refractivity contribution in [3.8, 4) is 11.6 Å². The molecule has 0 radical (unpaired) electrons. The number of carbonyl (C=O) groups is 1. The largest absolute Gasteiger partial charge is 0.383 e. The van der Waals surface area contributed by atoms with Gasteiger partial charge in [-0.3, -0.25) is 19.0 Å². The molecule has 3 heterocycles. The zero-order chi connectivity index (χ0) is 28.2. The maximum Gasteiger partial charge on any atom is 0.278 e. The van der Waals surface area contributed by atoms with Crippen LogP contribution in [0.1, 0.15) is 18.4 Å². The van der Waals surface area contributed by atoms with Gasteiger partial charge >= 0.3 is 0 Å². The van der Waals surface area contributed by atoms with E-state index in [0.29, 0.717) is 23.0 Å². The Balaban J connectivity index is 1.41. The first-order chi connectivity index (χ1) is 19.4. The highest BCUT2D eigenvalue weighted by Gasteiger charge is 2.29. The first kappa shape index (κ1) is 26.2. The van der Waals surface area contributed by atoms with E-state index in [1.54, 1.807) is 60.8 Å². The lowest BCUT2D eigenvalue weighted by Crippen LogP contribution is -2.24. The number of pyridine rings is 2. The monoisotopic (exact) mass is 536 g/mol. The summed E-state index contributed by atoms with van der Waals surface area (Å²) in [6.07, 6.45) is 6.36. The SMILES string of the molecule is C=CCn1c(=O)c(C=NC(=C)Nc2cccc(NC(=O)C3CC3)c2)c(N)n1-c1cccc(-n2ccccc2=O)n1. The Labute approximate surface area is 229 Å². The number of benzene rings is 1. The number of carbonyl (C=O) groups excluding carboxylic acids is 1. The highest BCUT2D eigenvalue weighted by Crippen LogP contribution is 2.30. The van der Waals surface area contributed by atoms with Crippen molar-refractivity contribution in [2.24, 2.45) is 10.9 Å². The molecule has 1 aromatic carbocycles. The zero-order valence-electron chi connectivity index (χ0n) is 21.7. The minimum Gasteiger partial charge on any atom is -0.383 e. The second kappa shape index (κ2) is 11.1. The van der Waals surface area contributed by atoms with Crippen LogP contribution in [0.25, 0.3) is 11.6 Å². The van der Waals surface area contributed by atoms with Gasteiger partial charge in [0, 0.05) is 35.8 Å². The van der Waals surface area contributed by atoms with Crippen LogP contribution in [0.15, 0.2) is 106 Å². The van der Waals surface area contributed by atoms with Crippen LogP contribution in [0.3, 0.4) is 0 Å². The molecular formula is C29H28N8O3. The standard InChI is InChI=1S/C29H28N8O3/c1-3-15-36-29(40)23(18-31-19(2)32-21-8-6-9-22(17-21)33-28(39)20-13-14-20)27(30)37(36)25-11-7-10-24(34-25)35-16-5-4-12-26(35)38/h3-12,16-18,20,32H,1-2,13-15,30H2,(H,33,39). The number of anilines is 3. The fourth-order valence-electron chi connectivity index (χ4n) is 4.13. The van der Waals surface area contributed by atoms with Gasteiger partial charge in [-0.2, -0.15) is 0 Å². The number of nitrogens with two attached hydrogens (primary N) is 1. The highest BCUT2D eigenvalue weighted by molar-refractivity contribution is 5.94. The molecule has 1 aliphatic rings. The van der Waals surface area contributed by atoms with Gasteiger partial charge in [0.25, 0.3) is 11.1 Å². The second-order valence-electron chi connectivity index (χ2n) is 9.22. The van der Waals surface area contributed by atoms with Crippen molar-refractivity contribution < 1.29 is 4.79 Å². The molecule has 11 nitrogen and oxygen atoms in total. The molecular weight excluding hydrogens is 508 g/mol. The molecule has 1 saturated carbocycles. The van der Waals surface area contributed by atoms with Crippen LogP contribution in [0.2, 0.25) is 0 Å². The molecule has 0 bridgehead atoms. The summed E-state index contributed by atoms with van der Waals surface area (Å²) in [5, 5.41) is 5.96. The summed E-state index contributed by atoms with van der Waals surface area (Å²) in [4.78, 5) is 46.6. The Morgan fingerprint density at radius 3 is 2.50 bits per heavy atom. The number of nitrogen functional groups attached to an aromatic ring is 1. The molecule has 4 aromatic rings. The predicted molar refractivity (Wildman–Crippen MR) is 156 cm³/mol. The third-order valence-electron chi connectivity index (χ3n) is 6.23. The molecule has 40 heavy (non-hydrogen) atoms. The van der Waals surface area contributed by atoms with E-state index in [-0.39, 0.29) is 41.1 Å². The Morgan fingerprint density at radius 2 is 1.77 bits per heavy atom. The molecule has 0 aliphatic heterocycles. The van der Waals surface area contributed by atoms with E-state index in [9.17, 15) is 14.4 Å². The Kier molecular flexibility index (Phi) is 7.27. The van der Waals surface area contributed by atoms with Crippen molar-refractivity contribution in [1.82, 2.24) is 18.9 Å². The van der Waals surface area contributed by atoms with Crippen LogP contribution >= 0.6 is 0 Å². The highest BCUT2D eigenvalue weighted by atomic mass is 16.2. The first-order valence-corrected chi connectivity index (χ1v) is 12.6. The minimum absolute atomic E-state index is 0.0145. The smallest absolute Gasteiger partial charge is 0.278 e. The molecule has 1 aliphatic carbocycles. The van der Waals surface area contributed by atoms with Gasteiger partial charge in [0.05, 0.1) is 6.54 Å². The van der Waals surface area contributed by atoms with Gasteiger partial charge in [0.2, 0.25) is 5.91 Å². The number of nitrogens with one attached hydrogen (secondary N) is 2. The van der Waals surface area contributed by atoms with Gasteiger partial charge in [-0.05, 0) is 49.2 Å². The van der Waals surface area contributed by atoms with E-state index < -0.39 is 5.56 Å². The molecule has 0 saturated heterocycles. The number of allylic oxidation sites excluding steroid dienone is 1. The van der Waals surface area contributed by atoms with Crippen molar-refractivity contribution in [1.29, 1.82) is 0 Å². The van der Waals surface area contributed by atoms with Crippen LogP contribution in [0, 0.1) is 5.92 Å². The number of hydrogen-bond acceptors (Lipinski definition) is 7. The molecule has 0 unspecified atom stereocenters. The van der Waals surface area contributed by atoms with Crippen LogP contribution in [0.4, 0.5) is 17.2 Å². The number of aliphatic imine (C=N–C) groups is 1. The van der Waals surface area contributed by atoms with Gasteiger partial charge in [-0.1, -0.05) is 30.9 Å². The van der Waals surface area contributed by atoms with E-state index >= 15 is 0 Å². The van der Waals surface area contributed by atoms with E-state index in [1.807, 2.05) is 6.07 Å². The lowest BCUT2D eigenvalue weighted by atomic mass is 10.2. The van der Waals surface area contributed by atoms with Gasteiger partial charge in [0.15, 0.2) is 5.82 Å². The van der Waals surface area contributed by atoms with Crippen LogP contribution < -0.4 is 27.5 Å². The normalized spacial score (nSPS) is 12.8. The Hall–Kier alpha value is -5.45. The Morgan fingerprint density at radius 1 is 1.05 bits per heavy atom. The van der Waals surface area contributed by atoms with Crippen LogP contribution in [0.5, 0.6) is 0 Å². The number of nitrogens with zero attached hydrogens (tertiary/aromatic N) is 5. The predicted octanol–water partition coefficient (Wildman–Crippen LogP) is 3.30. The number of amides is 1. The zero-order valence-corrected chi connectivity index (χ0v) is 21.7. The van der Waals surface area contributed by atoms with Crippen molar-refractivity contribution >= 4 is 29.3 Å². The van der Waals surface area contributed by atoms with Gasteiger partial charge < -0.3 is 16.4 Å². The lowest BCUT2D eigenvalue weighted by molar-refractivity contribution is -0.117. The van der Waals surface area contributed by atoms with E-state index in [4.69, 9.17) is 5.73 Å². The summed E-state index contributed by atoms with van der Waals surface area (Å²) in [7, 11) is 0. The van der Waals surface area contributed by atoms with E-state index in [0.717, 1.165) is 12.8 Å². The average Bonchev–Trinajstić information content (AvgIpc) is 3.76. The molecule has 0 atom stereocenters. The van der Waals surface area contributed by atoms with Gasteiger partial charge in [0.1, 0.15) is 23.0 Å². The first-order valence-electron chi connectivity index (χ1n) is 12.6. The molecule has 1 fully saturated rings. The summed E-state index contributed by atoms with van der Waals surface area (Å²) in [6.45, 7) is 7.82. The molecule has 3 aromatic heterocycles. The van der Waals surface area contributed by atoms with Gasteiger partial charge in [-0.25, -0.2) is 19.3 Å². The van der Waals surface area contributed by atoms with Crippen molar-refractivity contribution in [2.45, 2.75) is 19.4 Å². The summed E-state index contributed by atoms with van der Waals surface area (Å²) in [5.41, 5.74) is 7.27. The number of rotatable bonds is 10. The summed E-state index contributed by atoms with van der Waals surface area (Å²) in [6, 6.07) is 17.1. The maximum absolute atomic E-state index is 13.3. The fourth-order valence-corrected chi connectivity index (χ4v) is 4.13. The molecule has 202 valence electrons. The minimum atomic E-state index is -0.400. The third kappa shape index (κ3) is 5.53.